The van der Waals surface area contributed by atoms with Crippen LogP contribution in [-0.4, -0.2) is 37.1 Å². The van der Waals surface area contributed by atoms with E-state index in [1.165, 1.54) is 0 Å². The molecule has 2 rings (SSSR count). The minimum Gasteiger partial charge on any atom is -0.368 e. The second-order valence-corrected chi connectivity index (χ2v) is 4.85. The number of amides is 1. The summed E-state index contributed by atoms with van der Waals surface area (Å²) in [6.07, 6.45) is 3.41. The highest BCUT2D eigenvalue weighted by molar-refractivity contribution is 5.79. The molecule has 0 saturated carbocycles. The van der Waals surface area contributed by atoms with Crippen molar-refractivity contribution in [2.75, 3.05) is 31.1 Å². The minimum absolute atomic E-state index is 0.0440. The lowest BCUT2D eigenvalue weighted by molar-refractivity contribution is -0.125. The first-order valence-corrected chi connectivity index (χ1v) is 6.84. The van der Waals surface area contributed by atoms with Crippen LogP contribution in [0.1, 0.15) is 18.5 Å². The molecular weight excluding hydrogens is 254 g/mol. The molecule has 1 aromatic heterocycles. The van der Waals surface area contributed by atoms with Crippen molar-refractivity contribution >= 4 is 11.6 Å². The number of nitriles is 1. The molecule has 1 aliphatic rings. The summed E-state index contributed by atoms with van der Waals surface area (Å²) in [5, 5.41) is 11.9. The van der Waals surface area contributed by atoms with Crippen LogP contribution in [-0.2, 0) is 4.79 Å². The van der Waals surface area contributed by atoms with Crippen LogP contribution in [0.5, 0.6) is 0 Å². The first-order chi connectivity index (χ1) is 9.76. The van der Waals surface area contributed by atoms with Gasteiger partial charge in [-0.3, -0.25) is 4.79 Å². The Labute approximate surface area is 118 Å². The summed E-state index contributed by atoms with van der Waals surface area (Å²) in [6, 6.07) is 5.80. The number of nitrogens with two attached hydrogens (primary N) is 1. The third-order valence-electron chi connectivity index (χ3n) is 3.47. The Kier molecular flexibility index (Phi) is 4.91. The van der Waals surface area contributed by atoms with Gasteiger partial charge in [-0.15, -0.1) is 0 Å². The highest BCUT2D eigenvalue weighted by Gasteiger charge is 2.26. The van der Waals surface area contributed by atoms with Gasteiger partial charge in [-0.1, -0.05) is 0 Å². The van der Waals surface area contributed by atoms with Crippen LogP contribution in [0, 0.1) is 17.2 Å². The lowest BCUT2D eigenvalue weighted by atomic mass is 9.96. The van der Waals surface area contributed by atoms with Crippen LogP contribution in [0.15, 0.2) is 18.3 Å². The Bertz CT molecular complexity index is 511. The fourth-order valence-corrected chi connectivity index (χ4v) is 2.49. The van der Waals surface area contributed by atoms with Gasteiger partial charge >= 0.3 is 0 Å². The molecule has 0 radical (unpaired) electrons. The number of nitrogens with zero attached hydrogens (tertiary/aromatic N) is 3. The van der Waals surface area contributed by atoms with Crippen LogP contribution >= 0.6 is 0 Å². The molecule has 20 heavy (non-hydrogen) atoms. The summed E-state index contributed by atoms with van der Waals surface area (Å²) in [6.45, 7) is 2.42. The van der Waals surface area contributed by atoms with E-state index in [-0.39, 0.29) is 11.8 Å². The van der Waals surface area contributed by atoms with Crippen molar-refractivity contribution in [3.8, 4) is 6.07 Å². The van der Waals surface area contributed by atoms with Gasteiger partial charge in [0.1, 0.15) is 6.07 Å². The second kappa shape index (κ2) is 6.87. The lowest BCUT2D eigenvalue weighted by Crippen LogP contribution is -2.44. The van der Waals surface area contributed by atoms with E-state index in [0.717, 1.165) is 25.1 Å². The molecule has 1 aliphatic heterocycles. The van der Waals surface area contributed by atoms with Crippen molar-refractivity contribution in [1.29, 1.82) is 5.26 Å². The van der Waals surface area contributed by atoms with Gasteiger partial charge < -0.3 is 16.0 Å². The van der Waals surface area contributed by atoms with Gasteiger partial charge in [-0.25, -0.2) is 4.98 Å². The maximum absolute atomic E-state index is 12.0. The van der Waals surface area contributed by atoms with E-state index in [0.29, 0.717) is 25.3 Å². The van der Waals surface area contributed by atoms with Crippen LogP contribution in [0.4, 0.5) is 5.69 Å². The van der Waals surface area contributed by atoms with Gasteiger partial charge in [0.15, 0.2) is 5.69 Å². The predicted octanol–water partition coefficient (Wildman–Crippen LogP) is 0.245. The first-order valence-electron chi connectivity index (χ1n) is 6.84. The van der Waals surface area contributed by atoms with Crippen molar-refractivity contribution in [2.24, 2.45) is 11.7 Å². The molecule has 1 unspecified atom stereocenters. The normalized spacial score (nSPS) is 18.4. The Hall–Kier alpha value is -2.13. The number of carbonyl (C=O) groups is 1. The zero-order valence-corrected chi connectivity index (χ0v) is 11.4. The van der Waals surface area contributed by atoms with E-state index in [9.17, 15) is 4.79 Å². The number of aromatic nitrogens is 1. The van der Waals surface area contributed by atoms with Crippen molar-refractivity contribution < 1.29 is 4.79 Å². The van der Waals surface area contributed by atoms with Gasteiger partial charge in [-0.2, -0.15) is 5.26 Å². The van der Waals surface area contributed by atoms with E-state index in [1.807, 2.05) is 12.1 Å². The van der Waals surface area contributed by atoms with Crippen molar-refractivity contribution in [1.82, 2.24) is 10.3 Å². The van der Waals surface area contributed by atoms with E-state index in [1.54, 1.807) is 6.20 Å². The van der Waals surface area contributed by atoms with Crippen molar-refractivity contribution in [2.45, 2.75) is 12.8 Å². The number of rotatable bonds is 4. The second-order valence-electron chi connectivity index (χ2n) is 4.85. The van der Waals surface area contributed by atoms with Gasteiger partial charge in [-0.05, 0) is 25.0 Å². The monoisotopic (exact) mass is 273 g/mol. The lowest BCUT2D eigenvalue weighted by Gasteiger charge is -2.33. The van der Waals surface area contributed by atoms with Crippen LogP contribution in [0.3, 0.4) is 0 Å². The standard InChI is InChI=1S/C14H19N5O/c15-5-7-18-14(20)11-3-2-8-19(10-11)13-4-1-6-17-12(13)9-16/h1,4,6,11H,2-3,5,7-8,10,15H2,(H,18,20). The summed E-state index contributed by atoms with van der Waals surface area (Å²) >= 11 is 0. The van der Waals surface area contributed by atoms with Gasteiger partial charge in [0.25, 0.3) is 0 Å². The van der Waals surface area contributed by atoms with E-state index in [2.05, 4.69) is 21.3 Å². The summed E-state index contributed by atoms with van der Waals surface area (Å²) in [5.74, 6) is -0.00963. The molecule has 1 fully saturated rings. The van der Waals surface area contributed by atoms with Crippen LogP contribution in [0.2, 0.25) is 0 Å². The number of anilines is 1. The number of nitrogens with one attached hydrogen (secondary N) is 1. The van der Waals surface area contributed by atoms with Crippen molar-refractivity contribution in [3.05, 3.63) is 24.0 Å². The number of pyridine rings is 1. The van der Waals surface area contributed by atoms with Gasteiger partial charge in [0, 0.05) is 32.4 Å². The number of piperidine rings is 1. The molecule has 6 heteroatoms. The zero-order chi connectivity index (χ0) is 14.4. The molecule has 1 atom stereocenters. The average Bonchev–Trinajstić information content (AvgIpc) is 2.52. The first kappa shape index (κ1) is 14.3. The summed E-state index contributed by atoms with van der Waals surface area (Å²) < 4.78 is 0. The minimum atomic E-state index is -0.0537. The summed E-state index contributed by atoms with van der Waals surface area (Å²) in [4.78, 5) is 18.2. The van der Waals surface area contributed by atoms with Crippen molar-refractivity contribution in [3.63, 3.8) is 0 Å². The van der Waals surface area contributed by atoms with Crippen LogP contribution < -0.4 is 16.0 Å². The van der Waals surface area contributed by atoms with E-state index >= 15 is 0 Å². The molecule has 106 valence electrons. The molecule has 3 N–H and O–H groups in total. The molecule has 0 aromatic carbocycles. The van der Waals surface area contributed by atoms with E-state index < -0.39 is 0 Å². The topological polar surface area (TPSA) is 95.0 Å². The van der Waals surface area contributed by atoms with E-state index in [4.69, 9.17) is 11.0 Å². The Morgan fingerprint density at radius 3 is 3.25 bits per heavy atom. The Balaban J connectivity index is 2.07. The molecular formula is C14H19N5O. The number of hydrogen-bond donors (Lipinski definition) is 2. The highest BCUT2D eigenvalue weighted by Crippen LogP contribution is 2.25. The Morgan fingerprint density at radius 2 is 2.50 bits per heavy atom. The fourth-order valence-electron chi connectivity index (χ4n) is 2.49. The zero-order valence-electron chi connectivity index (χ0n) is 11.4. The largest absolute Gasteiger partial charge is 0.368 e. The quantitative estimate of drug-likeness (QED) is 0.819. The maximum Gasteiger partial charge on any atom is 0.224 e. The van der Waals surface area contributed by atoms with Crippen LogP contribution in [0.25, 0.3) is 0 Å². The summed E-state index contributed by atoms with van der Waals surface area (Å²) in [5.41, 5.74) is 6.62. The molecule has 6 nitrogen and oxygen atoms in total. The predicted molar refractivity (Wildman–Crippen MR) is 76.0 cm³/mol. The average molecular weight is 273 g/mol. The Morgan fingerprint density at radius 1 is 1.65 bits per heavy atom. The molecule has 1 amide bonds. The highest BCUT2D eigenvalue weighted by atomic mass is 16.1. The smallest absolute Gasteiger partial charge is 0.224 e. The molecule has 0 aliphatic carbocycles. The number of carbonyl (C=O) groups excluding carboxylic acids is 1. The molecule has 1 aromatic rings. The fraction of sp³-hybridized carbons (Fsp3) is 0.500. The third-order valence-corrected chi connectivity index (χ3v) is 3.47. The molecule has 0 spiro atoms. The SMILES string of the molecule is N#Cc1ncccc1N1CCCC(C(=O)NCCN)C1. The van der Waals surface area contributed by atoms with Gasteiger partial charge in [0.2, 0.25) is 5.91 Å². The molecule has 1 saturated heterocycles. The summed E-state index contributed by atoms with van der Waals surface area (Å²) in [7, 11) is 0. The molecule has 0 bridgehead atoms. The number of hydrogen-bond acceptors (Lipinski definition) is 5. The molecule has 2 heterocycles. The maximum atomic E-state index is 12.0. The third kappa shape index (κ3) is 3.25. The van der Waals surface area contributed by atoms with Gasteiger partial charge in [0.05, 0.1) is 11.6 Å².